The van der Waals surface area contributed by atoms with Gasteiger partial charge in [0.15, 0.2) is 5.78 Å². The van der Waals surface area contributed by atoms with Gasteiger partial charge in [-0.05, 0) is 11.1 Å². The van der Waals surface area contributed by atoms with Gasteiger partial charge in [-0.2, -0.15) is 0 Å². The number of carbonyl (C=O) groups excluding carboxylic acids is 2. The first-order valence-corrected chi connectivity index (χ1v) is 9.85. The van der Waals surface area contributed by atoms with Crippen LogP contribution in [0.25, 0.3) is 0 Å². The zero-order chi connectivity index (χ0) is 20.1. The summed E-state index contributed by atoms with van der Waals surface area (Å²) in [5.74, 6) is -0.418. The number of benzene rings is 2. The molecule has 0 amide bonds. The Morgan fingerprint density at radius 2 is 1.57 bits per heavy atom. The van der Waals surface area contributed by atoms with E-state index in [0.29, 0.717) is 17.5 Å². The minimum Gasteiger partial charge on any atom is -0.465 e. The molecule has 0 radical (unpaired) electrons. The topological polar surface area (TPSA) is 46.6 Å². The highest BCUT2D eigenvalue weighted by Gasteiger charge is 2.27. The van der Waals surface area contributed by atoms with Crippen LogP contribution in [0.15, 0.2) is 60.7 Å². The number of Topliss-reactive ketones (excluding diaryl/α,β-unsaturated/α-hetero) is 1. The molecule has 0 fully saturated rings. The molecule has 144 valence electrons. The molecule has 3 rings (SSSR count). The molecule has 0 spiro atoms. The first kappa shape index (κ1) is 19.8. The predicted molar refractivity (Wildman–Crippen MR) is 114 cm³/mol. The third-order valence-electron chi connectivity index (χ3n) is 4.51. The Labute approximate surface area is 169 Å². The molecule has 0 saturated heterocycles. The predicted octanol–water partition coefficient (Wildman–Crippen LogP) is 4.62. The summed E-state index contributed by atoms with van der Waals surface area (Å²) in [7, 11) is 5.17. The summed E-state index contributed by atoms with van der Waals surface area (Å²) in [6.45, 7) is 0. The van der Waals surface area contributed by atoms with Crippen molar-refractivity contribution < 1.29 is 14.3 Å². The van der Waals surface area contributed by atoms with Crippen molar-refractivity contribution in [3.8, 4) is 0 Å². The summed E-state index contributed by atoms with van der Waals surface area (Å²) in [5, 5.41) is 0.814. The van der Waals surface area contributed by atoms with Gasteiger partial charge in [-0.15, -0.1) is 11.3 Å². The van der Waals surface area contributed by atoms with Crippen molar-refractivity contribution in [1.29, 1.82) is 0 Å². The molecule has 1 aromatic heterocycles. The highest BCUT2D eigenvalue weighted by Crippen LogP contribution is 2.38. The van der Waals surface area contributed by atoms with Crippen molar-refractivity contribution in [1.82, 2.24) is 0 Å². The summed E-state index contributed by atoms with van der Waals surface area (Å²) in [4.78, 5) is 28.4. The van der Waals surface area contributed by atoms with Crippen LogP contribution in [0.5, 0.6) is 0 Å². The minimum absolute atomic E-state index is 0.0110. The van der Waals surface area contributed by atoms with Gasteiger partial charge in [0.1, 0.15) is 5.00 Å². The number of methoxy groups -OCH3 is 1. The molecule has 0 aliphatic rings. The number of carbonyl (C=O) groups is 2. The van der Waals surface area contributed by atoms with E-state index in [2.05, 4.69) is 12.1 Å². The van der Waals surface area contributed by atoms with E-state index in [1.807, 2.05) is 55.4 Å². The average molecular weight is 394 g/mol. The Hall–Kier alpha value is -2.92. The third kappa shape index (κ3) is 4.31. The molecule has 4 nitrogen and oxygen atoms in total. The van der Waals surface area contributed by atoms with Crippen LogP contribution >= 0.6 is 11.3 Å². The monoisotopic (exact) mass is 393 g/mol. The van der Waals surface area contributed by atoms with Crippen molar-refractivity contribution in [3.63, 3.8) is 0 Å². The Bertz CT molecular complexity index is 962. The van der Waals surface area contributed by atoms with Gasteiger partial charge in [0.05, 0.1) is 12.7 Å². The van der Waals surface area contributed by atoms with Crippen molar-refractivity contribution in [3.05, 3.63) is 87.8 Å². The standard InChI is InChI=1S/C23H23NO3S/c1-24(2)22-21(23(26)27-3)18(15-19(25)17-12-8-5-9-13-17)20(28-22)14-16-10-6-4-7-11-16/h4-13H,14-15H2,1-3H3. The van der Waals surface area contributed by atoms with Crippen LogP contribution in [-0.4, -0.2) is 33.0 Å². The fourth-order valence-corrected chi connectivity index (χ4v) is 4.38. The summed E-state index contributed by atoms with van der Waals surface area (Å²) >= 11 is 1.54. The second-order valence-electron chi connectivity index (χ2n) is 6.70. The maximum atomic E-state index is 12.9. The number of hydrogen-bond acceptors (Lipinski definition) is 5. The van der Waals surface area contributed by atoms with Crippen molar-refractivity contribution >= 4 is 28.1 Å². The molecule has 28 heavy (non-hydrogen) atoms. The third-order valence-corrected chi connectivity index (χ3v) is 5.91. The van der Waals surface area contributed by atoms with Gasteiger partial charge in [-0.3, -0.25) is 4.79 Å². The van der Waals surface area contributed by atoms with E-state index in [4.69, 9.17) is 4.74 Å². The molecule has 0 N–H and O–H groups in total. The highest BCUT2D eigenvalue weighted by molar-refractivity contribution is 7.16. The van der Waals surface area contributed by atoms with Crippen LogP contribution < -0.4 is 4.90 Å². The molecule has 0 saturated carbocycles. The van der Waals surface area contributed by atoms with Crippen LogP contribution in [0.4, 0.5) is 5.00 Å². The fraction of sp³-hybridized carbons (Fsp3) is 0.217. The average Bonchev–Trinajstić information content (AvgIpc) is 3.07. The van der Waals surface area contributed by atoms with Gasteiger partial charge in [0.2, 0.25) is 0 Å². The molecule has 0 atom stereocenters. The first-order valence-electron chi connectivity index (χ1n) is 9.03. The van der Waals surface area contributed by atoms with Gasteiger partial charge in [-0.25, -0.2) is 4.79 Å². The maximum absolute atomic E-state index is 12.9. The minimum atomic E-state index is -0.407. The molecule has 1 heterocycles. The first-order chi connectivity index (χ1) is 13.5. The van der Waals surface area contributed by atoms with E-state index in [0.717, 1.165) is 21.0 Å². The van der Waals surface area contributed by atoms with Crippen molar-refractivity contribution in [2.24, 2.45) is 0 Å². The van der Waals surface area contributed by atoms with Gasteiger partial charge in [0, 0.05) is 37.4 Å². The molecule has 3 aromatic rings. The van der Waals surface area contributed by atoms with Crippen LogP contribution in [-0.2, 0) is 17.6 Å². The van der Waals surface area contributed by atoms with Crippen LogP contribution in [0.1, 0.15) is 36.7 Å². The van der Waals surface area contributed by atoms with Crippen LogP contribution in [0.2, 0.25) is 0 Å². The van der Waals surface area contributed by atoms with E-state index >= 15 is 0 Å². The maximum Gasteiger partial charge on any atom is 0.341 e. The van der Waals surface area contributed by atoms with Crippen LogP contribution in [0, 0.1) is 0 Å². The second-order valence-corrected chi connectivity index (χ2v) is 7.78. The summed E-state index contributed by atoms with van der Waals surface area (Å²) < 4.78 is 5.05. The summed E-state index contributed by atoms with van der Waals surface area (Å²) in [6.07, 6.45) is 0.835. The van der Waals surface area contributed by atoms with Crippen molar-refractivity contribution in [2.75, 3.05) is 26.1 Å². The van der Waals surface area contributed by atoms with E-state index in [1.165, 1.54) is 7.11 Å². The van der Waals surface area contributed by atoms with Gasteiger partial charge >= 0.3 is 5.97 Å². The number of thiophene rings is 1. The molecule has 2 aromatic carbocycles. The highest BCUT2D eigenvalue weighted by atomic mass is 32.1. The van der Waals surface area contributed by atoms with Gasteiger partial charge in [-0.1, -0.05) is 60.7 Å². The molecule has 0 bridgehead atoms. The van der Waals surface area contributed by atoms with Crippen LogP contribution in [0.3, 0.4) is 0 Å². The lowest BCUT2D eigenvalue weighted by atomic mass is 9.97. The van der Waals surface area contributed by atoms with Crippen molar-refractivity contribution in [2.45, 2.75) is 12.8 Å². The van der Waals surface area contributed by atoms with E-state index in [9.17, 15) is 9.59 Å². The normalized spacial score (nSPS) is 10.5. The second kappa shape index (κ2) is 8.85. The molecule has 0 aliphatic heterocycles. The Morgan fingerprint density at radius 1 is 0.964 bits per heavy atom. The Balaban J connectivity index is 2.07. The molecule has 0 unspecified atom stereocenters. The molecular weight excluding hydrogens is 370 g/mol. The Morgan fingerprint density at radius 3 is 2.14 bits per heavy atom. The Kier molecular flexibility index (Phi) is 6.26. The zero-order valence-corrected chi connectivity index (χ0v) is 17.1. The van der Waals surface area contributed by atoms with Gasteiger partial charge in [0.25, 0.3) is 0 Å². The lowest BCUT2D eigenvalue weighted by molar-refractivity contribution is 0.0601. The number of hydrogen-bond donors (Lipinski definition) is 0. The number of anilines is 1. The molecular formula is C23H23NO3S. The summed E-state index contributed by atoms with van der Waals surface area (Å²) in [6, 6.07) is 19.2. The number of ether oxygens (including phenoxy) is 1. The smallest absolute Gasteiger partial charge is 0.341 e. The fourth-order valence-electron chi connectivity index (χ4n) is 3.12. The number of esters is 1. The van der Waals surface area contributed by atoms with E-state index < -0.39 is 5.97 Å². The van der Waals surface area contributed by atoms with E-state index in [-0.39, 0.29) is 12.2 Å². The van der Waals surface area contributed by atoms with Gasteiger partial charge < -0.3 is 9.64 Å². The lowest BCUT2D eigenvalue weighted by Crippen LogP contribution is -2.15. The number of ketones is 1. The molecule has 5 heteroatoms. The molecule has 0 aliphatic carbocycles. The van der Waals surface area contributed by atoms with E-state index in [1.54, 1.807) is 23.5 Å². The lowest BCUT2D eigenvalue weighted by Gasteiger charge is -2.12. The SMILES string of the molecule is COC(=O)c1c(N(C)C)sc(Cc2ccccc2)c1CC(=O)c1ccccc1. The largest absolute Gasteiger partial charge is 0.465 e. The zero-order valence-electron chi connectivity index (χ0n) is 16.3. The number of nitrogens with zero attached hydrogens (tertiary/aromatic N) is 1. The quantitative estimate of drug-likeness (QED) is 0.434. The summed E-state index contributed by atoms with van der Waals surface area (Å²) in [5.41, 5.74) is 3.03. The number of rotatable bonds is 7.